The molecule has 176 valence electrons. The molecule has 4 rings (SSSR count). The molecule has 1 aromatic carbocycles. The van der Waals surface area contributed by atoms with Crippen LogP contribution < -0.4 is 15.5 Å². The molecule has 2 aromatic rings. The highest BCUT2D eigenvalue weighted by Crippen LogP contribution is 2.30. The molecule has 2 amide bonds. The van der Waals surface area contributed by atoms with E-state index in [1.54, 1.807) is 12.4 Å². The zero-order chi connectivity index (χ0) is 23.0. The SMILES string of the molecule is CC1CCN(c2ccc(NC(=O)CCC3CCCC3)cc2C(=O)NCc2cccnc2)CC1. The number of nitrogens with zero attached hydrogens (tertiary/aromatic N) is 2. The van der Waals surface area contributed by atoms with Crippen LogP contribution >= 0.6 is 0 Å². The van der Waals surface area contributed by atoms with Gasteiger partial charge in [-0.25, -0.2) is 0 Å². The van der Waals surface area contributed by atoms with Crippen molar-refractivity contribution in [2.45, 2.75) is 64.8 Å². The summed E-state index contributed by atoms with van der Waals surface area (Å²) in [7, 11) is 0. The maximum atomic E-state index is 13.2. The molecule has 1 saturated heterocycles. The van der Waals surface area contributed by atoms with E-state index in [2.05, 4.69) is 27.4 Å². The number of carbonyl (C=O) groups is 2. The first kappa shape index (κ1) is 23.3. The van der Waals surface area contributed by atoms with Gasteiger partial charge < -0.3 is 15.5 Å². The maximum Gasteiger partial charge on any atom is 0.253 e. The van der Waals surface area contributed by atoms with Crippen molar-refractivity contribution in [2.75, 3.05) is 23.3 Å². The van der Waals surface area contributed by atoms with Crippen LogP contribution in [0.3, 0.4) is 0 Å². The fourth-order valence-electron chi connectivity index (χ4n) is 4.96. The molecule has 2 N–H and O–H groups in total. The van der Waals surface area contributed by atoms with Crippen molar-refractivity contribution in [1.82, 2.24) is 10.3 Å². The van der Waals surface area contributed by atoms with E-state index >= 15 is 0 Å². The predicted octanol–water partition coefficient (Wildman–Crippen LogP) is 5.16. The lowest BCUT2D eigenvalue weighted by Crippen LogP contribution is -2.35. The number of hydrogen-bond donors (Lipinski definition) is 2. The number of nitrogens with one attached hydrogen (secondary N) is 2. The van der Waals surface area contributed by atoms with Crippen LogP contribution in [-0.4, -0.2) is 29.9 Å². The number of pyridine rings is 1. The summed E-state index contributed by atoms with van der Waals surface area (Å²) < 4.78 is 0. The van der Waals surface area contributed by atoms with Gasteiger partial charge in [-0.05, 0) is 60.9 Å². The number of benzene rings is 1. The summed E-state index contributed by atoms with van der Waals surface area (Å²) in [6.45, 7) is 4.58. The highest BCUT2D eigenvalue weighted by molar-refractivity contribution is 6.02. The second kappa shape index (κ2) is 11.3. The molecule has 2 heterocycles. The van der Waals surface area contributed by atoms with Gasteiger partial charge in [0, 0.05) is 49.8 Å². The Kier molecular flexibility index (Phi) is 7.97. The zero-order valence-electron chi connectivity index (χ0n) is 19.7. The molecule has 2 aliphatic rings. The molecular formula is C27H36N4O2. The molecule has 1 aromatic heterocycles. The molecule has 0 radical (unpaired) electrons. The number of anilines is 2. The van der Waals surface area contributed by atoms with Crippen molar-refractivity contribution in [3.05, 3.63) is 53.9 Å². The largest absolute Gasteiger partial charge is 0.371 e. The topological polar surface area (TPSA) is 74.3 Å². The van der Waals surface area contributed by atoms with E-state index in [1.165, 1.54) is 25.7 Å². The number of hydrogen-bond acceptors (Lipinski definition) is 4. The minimum absolute atomic E-state index is 0.0307. The van der Waals surface area contributed by atoms with E-state index in [0.29, 0.717) is 36.1 Å². The number of piperidine rings is 1. The van der Waals surface area contributed by atoms with E-state index in [1.807, 2.05) is 30.3 Å². The van der Waals surface area contributed by atoms with Crippen LogP contribution in [0, 0.1) is 11.8 Å². The highest BCUT2D eigenvalue weighted by Gasteiger charge is 2.22. The first-order chi connectivity index (χ1) is 16.1. The van der Waals surface area contributed by atoms with E-state index in [4.69, 9.17) is 0 Å². The smallest absolute Gasteiger partial charge is 0.253 e. The molecule has 1 saturated carbocycles. The van der Waals surface area contributed by atoms with Crippen LogP contribution in [0.2, 0.25) is 0 Å². The van der Waals surface area contributed by atoms with Crippen LogP contribution in [0.5, 0.6) is 0 Å². The van der Waals surface area contributed by atoms with Crippen molar-refractivity contribution in [1.29, 1.82) is 0 Å². The van der Waals surface area contributed by atoms with Gasteiger partial charge in [0.2, 0.25) is 5.91 Å². The lowest BCUT2D eigenvalue weighted by atomic mass is 9.97. The third-order valence-electron chi connectivity index (χ3n) is 7.08. The zero-order valence-corrected chi connectivity index (χ0v) is 19.7. The molecular weight excluding hydrogens is 412 g/mol. The number of amides is 2. The maximum absolute atomic E-state index is 13.2. The molecule has 0 spiro atoms. The second-order valence-electron chi connectivity index (χ2n) is 9.68. The number of carbonyl (C=O) groups excluding carboxylic acids is 2. The monoisotopic (exact) mass is 448 g/mol. The van der Waals surface area contributed by atoms with Gasteiger partial charge in [-0.15, -0.1) is 0 Å². The van der Waals surface area contributed by atoms with Crippen LogP contribution in [0.25, 0.3) is 0 Å². The standard InChI is InChI=1S/C27H36N4O2/c1-20-12-15-31(16-13-20)25-10-9-23(30-26(32)11-8-21-5-2-3-6-21)17-24(25)27(33)29-19-22-7-4-14-28-18-22/h4,7,9-10,14,17-18,20-21H,2-3,5-6,8,11-13,15-16,19H2,1H3,(H,29,33)(H,30,32). The molecule has 1 aliphatic carbocycles. The Morgan fingerprint density at radius 3 is 2.61 bits per heavy atom. The quantitative estimate of drug-likeness (QED) is 0.585. The van der Waals surface area contributed by atoms with Gasteiger partial charge in [-0.3, -0.25) is 14.6 Å². The molecule has 1 aliphatic heterocycles. The summed E-state index contributed by atoms with van der Waals surface area (Å²) >= 11 is 0. The lowest BCUT2D eigenvalue weighted by Gasteiger charge is -2.33. The molecule has 6 nitrogen and oxygen atoms in total. The summed E-state index contributed by atoms with van der Waals surface area (Å²) in [5.41, 5.74) is 3.19. The van der Waals surface area contributed by atoms with Gasteiger partial charge >= 0.3 is 0 Å². The van der Waals surface area contributed by atoms with E-state index in [0.717, 1.165) is 43.6 Å². The third-order valence-corrected chi connectivity index (χ3v) is 7.08. The Morgan fingerprint density at radius 1 is 1.09 bits per heavy atom. The highest BCUT2D eigenvalue weighted by atomic mass is 16.2. The van der Waals surface area contributed by atoms with Crippen molar-refractivity contribution in [3.8, 4) is 0 Å². The lowest BCUT2D eigenvalue weighted by molar-refractivity contribution is -0.116. The molecule has 0 bridgehead atoms. The van der Waals surface area contributed by atoms with Gasteiger partial charge in [-0.1, -0.05) is 38.7 Å². The Hall–Kier alpha value is -2.89. The Bertz CT molecular complexity index is 932. The molecule has 0 unspecified atom stereocenters. The molecule has 2 fully saturated rings. The summed E-state index contributed by atoms with van der Waals surface area (Å²) in [6.07, 6.45) is 12.3. The van der Waals surface area contributed by atoms with Crippen molar-refractivity contribution in [3.63, 3.8) is 0 Å². The van der Waals surface area contributed by atoms with Crippen molar-refractivity contribution in [2.24, 2.45) is 11.8 Å². The van der Waals surface area contributed by atoms with E-state index < -0.39 is 0 Å². The predicted molar refractivity (Wildman–Crippen MR) is 132 cm³/mol. The normalized spacial score (nSPS) is 17.2. The Balaban J connectivity index is 1.46. The third kappa shape index (κ3) is 6.56. The first-order valence-corrected chi connectivity index (χ1v) is 12.4. The summed E-state index contributed by atoms with van der Waals surface area (Å²) in [4.78, 5) is 32.2. The summed E-state index contributed by atoms with van der Waals surface area (Å²) in [5, 5.41) is 6.05. The van der Waals surface area contributed by atoms with Crippen LogP contribution in [-0.2, 0) is 11.3 Å². The molecule has 0 atom stereocenters. The van der Waals surface area contributed by atoms with Crippen LogP contribution in [0.15, 0.2) is 42.7 Å². The van der Waals surface area contributed by atoms with Gasteiger partial charge in [0.15, 0.2) is 0 Å². The van der Waals surface area contributed by atoms with Gasteiger partial charge in [0.1, 0.15) is 0 Å². The van der Waals surface area contributed by atoms with Crippen molar-refractivity contribution >= 4 is 23.2 Å². The summed E-state index contributed by atoms with van der Waals surface area (Å²) in [5.74, 6) is 1.30. The molecule has 6 heteroatoms. The van der Waals surface area contributed by atoms with E-state index in [9.17, 15) is 9.59 Å². The fourth-order valence-corrected chi connectivity index (χ4v) is 4.96. The Morgan fingerprint density at radius 2 is 1.88 bits per heavy atom. The fraction of sp³-hybridized carbons (Fsp3) is 0.519. The number of aromatic nitrogens is 1. The average Bonchev–Trinajstić information content (AvgIpc) is 3.36. The molecule has 33 heavy (non-hydrogen) atoms. The van der Waals surface area contributed by atoms with Gasteiger partial charge in [-0.2, -0.15) is 0 Å². The van der Waals surface area contributed by atoms with E-state index in [-0.39, 0.29) is 11.8 Å². The number of rotatable bonds is 8. The Labute approximate surface area is 197 Å². The van der Waals surface area contributed by atoms with Crippen molar-refractivity contribution < 1.29 is 9.59 Å². The van der Waals surface area contributed by atoms with Gasteiger partial charge in [0.05, 0.1) is 5.56 Å². The first-order valence-electron chi connectivity index (χ1n) is 12.4. The van der Waals surface area contributed by atoms with Gasteiger partial charge in [0.25, 0.3) is 5.91 Å². The van der Waals surface area contributed by atoms with Crippen LogP contribution in [0.1, 0.15) is 74.2 Å². The second-order valence-corrected chi connectivity index (χ2v) is 9.68. The average molecular weight is 449 g/mol. The minimum atomic E-state index is -0.130. The minimum Gasteiger partial charge on any atom is -0.371 e. The summed E-state index contributed by atoms with van der Waals surface area (Å²) in [6, 6.07) is 9.56. The van der Waals surface area contributed by atoms with Crippen LogP contribution in [0.4, 0.5) is 11.4 Å².